The second-order valence-corrected chi connectivity index (χ2v) is 8.65. The Hall–Kier alpha value is -4.44. The fourth-order valence-electron chi connectivity index (χ4n) is 3.85. The van der Waals surface area contributed by atoms with E-state index in [1.54, 1.807) is 24.3 Å². The number of furan rings is 1. The molecule has 2 aromatic carbocycles. The van der Waals surface area contributed by atoms with Crippen molar-refractivity contribution in [2.24, 2.45) is 0 Å². The van der Waals surface area contributed by atoms with Gasteiger partial charge in [0.1, 0.15) is 17.9 Å². The minimum Gasteiger partial charge on any atom is -0.493 e. The number of amides is 2. The van der Waals surface area contributed by atoms with Crippen molar-refractivity contribution in [3.8, 4) is 11.5 Å². The van der Waals surface area contributed by atoms with Crippen LogP contribution in [0.5, 0.6) is 11.5 Å². The lowest BCUT2D eigenvalue weighted by Gasteiger charge is -2.29. The third-order valence-corrected chi connectivity index (χ3v) is 5.77. The molecule has 2 amide bonds. The Morgan fingerprint density at radius 2 is 1.76 bits per heavy atom. The molecule has 3 aromatic rings. The molecule has 1 N–H and O–H groups in total. The fraction of sp³-hybridized carbons (Fsp3) is 0.185. The highest BCUT2D eigenvalue weighted by Gasteiger charge is 2.34. The van der Waals surface area contributed by atoms with Gasteiger partial charge in [0.2, 0.25) is 5.76 Å². The molecule has 0 aliphatic carbocycles. The number of methoxy groups -OCH3 is 2. The van der Waals surface area contributed by atoms with Crippen molar-refractivity contribution in [1.29, 1.82) is 0 Å². The molecule has 190 valence electrons. The number of carbonyl (C=O) groups excluding carboxylic acids is 3. The van der Waals surface area contributed by atoms with Crippen LogP contribution in [0.25, 0.3) is 6.08 Å². The van der Waals surface area contributed by atoms with E-state index in [4.69, 9.17) is 26.1 Å². The number of anilines is 1. The number of nitrogens with zero attached hydrogens (tertiary/aromatic N) is 1. The van der Waals surface area contributed by atoms with E-state index in [1.807, 2.05) is 32.0 Å². The number of ether oxygens (including phenoxy) is 3. The smallest absolute Gasteiger partial charge is 0.373 e. The van der Waals surface area contributed by atoms with Gasteiger partial charge in [-0.25, -0.2) is 4.79 Å². The summed E-state index contributed by atoms with van der Waals surface area (Å²) in [6.45, 7) is 3.88. The van der Waals surface area contributed by atoms with Crippen molar-refractivity contribution in [1.82, 2.24) is 5.32 Å². The molecule has 1 aliphatic rings. The largest absolute Gasteiger partial charge is 0.493 e. The standard InChI is InChI=1S/C27H24N2O7S/c1-15-9-16(2)11-18(10-15)29-25(31)20(24(30)28-27(29)37)12-17-5-7-21(23(13-17)33-3)35-14-19-6-8-22(36-19)26(32)34-4/h5-13H,14H2,1-4H3,(H,28,30,37)/b20-12-. The molecule has 0 bridgehead atoms. The molecule has 0 atom stereocenters. The van der Waals surface area contributed by atoms with Crippen LogP contribution in [0, 0.1) is 13.8 Å². The average Bonchev–Trinajstić information content (AvgIpc) is 3.33. The number of nitrogens with one attached hydrogen (secondary N) is 1. The van der Waals surface area contributed by atoms with Gasteiger partial charge in [0.15, 0.2) is 16.6 Å². The van der Waals surface area contributed by atoms with Crippen molar-refractivity contribution < 1.29 is 33.0 Å². The van der Waals surface area contributed by atoms with Crippen LogP contribution in [0.1, 0.15) is 33.0 Å². The van der Waals surface area contributed by atoms with Gasteiger partial charge in [0.25, 0.3) is 11.8 Å². The summed E-state index contributed by atoms with van der Waals surface area (Å²) in [6, 6.07) is 13.7. The predicted octanol–water partition coefficient (Wildman–Crippen LogP) is 4.10. The zero-order chi connectivity index (χ0) is 26.7. The highest BCUT2D eigenvalue weighted by atomic mass is 32.1. The van der Waals surface area contributed by atoms with E-state index in [0.717, 1.165) is 11.1 Å². The first-order valence-electron chi connectivity index (χ1n) is 11.2. The molecule has 0 radical (unpaired) electrons. The van der Waals surface area contributed by atoms with Crippen molar-refractivity contribution in [2.45, 2.75) is 20.5 Å². The zero-order valence-electron chi connectivity index (χ0n) is 20.6. The molecule has 0 spiro atoms. The van der Waals surface area contributed by atoms with Crippen LogP contribution in [0.4, 0.5) is 5.69 Å². The fourth-order valence-corrected chi connectivity index (χ4v) is 4.13. The summed E-state index contributed by atoms with van der Waals surface area (Å²) in [7, 11) is 2.74. The van der Waals surface area contributed by atoms with Crippen LogP contribution < -0.4 is 19.7 Å². The highest BCUT2D eigenvalue weighted by molar-refractivity contribution is 7.80. The van der Waals surface area contributed by atoms with Crippen molar-refractivity contribution in [2.75, 3.05) is 19.1 Å². The second-order valence-electron chi connectivity index (χ2n) is 8.26. The summed E-state index contributed by atoms with van der Waals surface area (Å²) in [5.74, 6) is -0.441. The molecule has 10 heteroatoms. The number of carbonyl (C=O) groups is 3. The van der Waals surface area contributed by atoms with Crippen molar-refractivity contribution >= 4 is 46.9 Å². The van der Waals surface area contributed by atoms with Gasteiger partial charge in [-0.2, -0.15) is 0 Å². The molecule has 0 unspecified atom stereocenters. The number of thiocarbonyl (C=S) groups is 1. The topological polar surface area (TPSA) is 107 Å². The van der Waals surface area contributed by atoms with Crippen LogP contribution in [0.2, 0.25) is 0 Å². The molecule has 1 aromatic heterocycles. The van der Waals surface area contributed by atoms with E-state index >= 15 is 0 Å². The number of esters is 1. The number of rotatable bonds is 7. The molecule has 1 saturated heterocycles. The van der Waals surface area contributed by atoms with E-state index in [0.29, 0.717) is 28.5 Å². The Balaban J connectivity index is 1.57. The maximum Gasteiger partial charge on any atom is 0.373 e. The van der Waals surface area contributed by atoms with Crippen molar-refractivity contribution in [3.63, 3.8) is 0 Å². The van der Waals surface area contributed by atoms with E-state index in [-0.39, 0.29) is 23.1 Å². The minimum atomic E-state index is -0.589. The van der Waals surface area contributed by atoms with Crippen LogP contribution in [-0.4, -0.2) is 37.1 Å². The van der Waals surface area contributed by atoms with Gasteiger partial charge >= 0.3 is 5.97 Å². The number of benzene rings is 2. The third kappa shape index (κ3) is 5.54. The average molecular weight is 521 g/mol. The van der Waals surface area contributed by atoms with E-state index in [2.05, 4.69) is 10.1 Å². The molecule has 0 saturated carbocycles. The molecule has 37 heavy (non-hydrogen) atoms. The van der Waals surface area contributed by atoms with Crippen molar-refractivity contribution in [3.05, 3.63) is 82.3 Å². The summed E-state index contributed by atoms with van der Waals surface area (Å²) < 4.78 is 21.2. The molecule has 1 fully saturated rings. The normalized spacial score (nSPS) is 14.5. The summed E-state index contributed by atoms with van der Waals surface area (Å²) in [6.07, 6.45) is 1.47. The third-order valence-electron chi connectivity index (χ3n) is 5.48. The summed E-state index contributed by atoms with van der Waals surface area (Å²) >= 11 is 5.29. The number of hydrogen-bond acceptors (Lipinski definition) is 8. The molecule has 4 rings (SSSR count). The van der Waals surface area contributed by atoms with Crippen LogP contribution in [0.3, 0.4) is 0 Å². The Morgan fingerprint density at radius 3 is 2.43 bits per heavy atom. The first kappa shape index (κ1) is 25.6. The number of aryl methyl sites for hydroxylation is 2. The van der Waals surface area contributed by atoms with Crippen LogP contribution in [0.15, 0.2) is 58.5 Å². The first-order chi connectivity index (χ1) is 17.7. The maximum absolute atomic E-state index is 13.3. The second kappa shape index (κ2) is 10.7. The monoisotopic (exact) mass is 520 g/mol. The van der Waals surface area contributed by atoms with Crippen LogP contribution >= 0.6 is 12.2 Å². The first-order valence-corrected chi connectivity index (χ1v) is 11.6. The Morgan fingerprint density at radius 1 is 1.03 bits per heavy atom. The molecular formula is C27H24N2O7S. The maximum atomic E-state index is 13.3. The Bertz CT molecular complexity index is 1420. The van der Waals surface area contributed by atoms with Gasteiger partial charge in [-0.05, 0) is 85.2 Å². The Kier molecular flexibility index (Phi) is 7.40. The van der Waals surface area contributed by atoms with Gasteiger partial charge in [-0.1, -0.05) is 12.1 Å². The summed E-state index contributed by atoms with van der Waals surface area (Å²) in [5.41, 5.74) is 2.97. The predicted molar refractivity (Wildman–Crippen MR) is 139 cm³/mol. The lowest BCUT2D eigenvalue weighted by molar-refractivity contribution is -0.122. The SMILES string of the molecule is COC(=O)c1ccc(COc2ccc(/C=C3/C(=O)NC(=S)N(c4cc(C)cc(C)c4)C3=O)cc2OC)o1. The quantitative estimate of drug-likeness (QED) is 0.215. The van der Waals surface area contributed by atoms with Gasteiger partial charge < -0.3 is 18.6 Å². The lowest BCUT2D eigenvalue weighted by Crippen LogP contribution is -2.54. The van der Waals surface area contributed by atoms with E-state index in [1.165, 1.54) is 31.3 Å². The minimum absolute atomic E-state index is 0.0201. The van der Waals surface area contributed by atoms with Crippen LogP contribution in [-0.2, 0) is 20.9 Å². The van der Waals surface area contributed by atoms with Gasteiger partial charge in [0, 0.05) is 0 Å². The van der Waals surface area contributed by atoms with Gasteiger partial charge in [-0.3, -0.25) is 19.8 Å². The highest BCUT2D eigenvalue weighted by Crippen LogP contribution is 2.31. The zero-order valence-corrected chi connectivity index (χ0v) is 21.4. The Labute approximate surface area is 218 Å². The van der Waals surface area contributed by atoms with E-state index < -0.39 is 17.8 Å². The molecule has 2 heterocycles. The number of hydrogen-bond donors (Lipinski definition) is 1. The summed E-state index contributed by atoms with van der Waals surface area (Å²) in [5, 5.41) is 2.61. The van der Waals surface area contributed by atoms with Gasteiger partial charge in [0.05, 0.1) is 19.9 Å². The molecule has 1 aliphatic heterocycles. The van der Waals surface area contributed by atoms with Gasteiger partial charge in [-0.15, -0.1) is 0 Å². The van der Waals surface area contributed by atoms with E-state index in [9.17, 15) is 14.4 Å². The molecular weight excluding hydrogens is 496 g/mol. The molecule has 9 nitrogen and oxygen atoms in total. The summed E-state index contributed by atoms with van der Waals surface area (Å²) in [4.78, 5) is 38.9. The lowest BCUT2D eigenvalue weighted by atomic mass is 10.1.